The highest BCUT2D eigenvalue weighted by Crippen LogP contribution is 2.36. The molecule has 0 aliphatic carbocycles. The van der Waals surface area contributed by atoms with Crippen molar-refractivity contribution < 1.29 is 4.74 Å². The van der Waals surface area contributed by atoms with E-state index in [1.807, 2.05) is 30.3 Å². The summed E-state index contributed by atoms with van der Waals surface area (Å²) in [6, 6.07) is 13.2. The summed E-state index contributed by atoms with van der Waals surface area (Å²) in [4.78, 5) is 0. The van der Waals surface area contributed by atoms with Crippen LogP contribution in [-0.2, 0) is 6.61 Å². The molecule has 0 heterocycles. The molecule has 0 aromatic heterocycles. The standard InChI is InChI=1S/C13H11Cl2NO/c14-12-10(16)6-7-11(13(12)15)17-8-9-4-2-1-3-5-9/h1-7H,8,16H2. The number of hydrogen-bond acceptors (Lipinski definition) is 2. The van der Waals surface area contributed by atoms with Crippen LogP contribution in [0.25, 0.3) is 0 Å². The second kappa shape index (κ2) is 5.30. The van der Waals surface area contributed by atoms with E-state index in [2.05, 4.69) is 0 Å². The fraction of sp³-hybridized carbons (Fsp3) is 0.0769. The first-order valence-electron chi connectivity index (χ1n) is 5.08. The Hall–Kier alpha value is -1.38. The first kappa shape index (κ1) is 12.1. The fourth-order valence-corrected chi connectivity index (χ4v) is 1.78. The van der Waals surface area contributed by atoms with Crippen molar-refractivity contribution in [2.75, 3.05) is 5.73 Å². The van der Waals surface area contributed by atoms with Crippen LogP contribution in [0.15, 0.2) is 42.5 Å². The number of benzene rings is 2. The maximum atomic E-state index is 6.03. The predicted molar refractivity (Wildman–Crippen MR) is 71.6 cm³/mol. The second-order valence-electron chi connectivity index (χ2n) is 3.56. The van der Waals surface area contributed by atoms with Crippen molar-refractivity contribution >= 4 is 28.9 Å². The lowest BCUT2D eigenvalue weighted by Gasteiger charge is -2.10. The Labute approximate surface area is 110 Å². The van der Waals surface area contributed by atoms with Crippen LogP contribution in [-0.4, -0.2) is 0 Å². The number of rotatable bonds is 3. The van der Waals surface area contributed by atoms with E-state index in [4.69, 9.17) is 33.7 Å². The normalized spacial score (nSPS) is 10.2. The minimum absolute atomic E-state index is 0.331. The van der Waals surface area contributed by atoms with Crippen LogP contribution in [0.2, 0.25) is 10.0 Å². The highest BCUT2D eigenvalue weighted by molar-refractivity contribution is 6.44. The molecule has 0 saturated carbocycles. The topological polar surface area (TPSA) is 35.2 Å². The molecule has 2 nitrogen and oxygen atoms in total. The molecule has 0 fully saturated rings. The Balaban J connectivity index is 2.13. The third kappa shape index (κ3) is 2.84. The van der Waals surface area contributed by atoms with Crippen molar-refractivity contribution in [3.63, 3.8) is 0 Å². The molecule has 0 unspecified atom stereocenters. The van der Waals surface area contributed by atoms with Crippen LogP contribution in [0.4, 0.5) is 5.69 Å². The quantitative estimate of drug-likeness (QED) is 0.848. The smallest absolute Gasteiger partial charge is 0.140 e. The van der Waals surface area contributed by atoms with Crippen LogP contribution in [0.3, 0.4) is 0 Å². The largest absolute Gasteiger partial charge is 0.487 e. The molecule has 2 rings (SSSR count). The van der Waals surface area contributed by atoms with Gasteiger partial charge in [0.1, 0.15) is 17.4 Å². The van der Waals surface area contributed by atoms with Crippen molar-refractivity contribution in [1.82, 2.24) is 0 Å². The third-order valence-electron chi connectivity index (χ3n) is 2.31. The molecule has 88 valence electrons. The highest BCUT2D eigenvalue weighted by atomic mass is 35.5. The molecule has 2 N–H and O–H groups in total. The SMILES string of the molecule is Nc1ccc(OCc2ccccc2)c(Cl)c1Cl. The zero-order valence-electron chi connectivity index (χ0n) is 8.99. The Morgan fingerprint density at radius 1 is 0.941 bits per heavy atom. The molecule has 0 aliphatic rings. The minimum Gasteiger partial charge on any atom is -0.487 e. The van der Waals surface area contributed by atoms with Gasteiger partial charge in [-0.25, -0.2) is 0 Å². The van der Waals surface area contributed by atoms with Crippen molar-refractivity contribution in [3.8, 4) is 5.75 Å². The van der Waals surface area contributed by atoms with E-state index in [0.29, 0.717) is 28.1 Å². The molecule has 0 aliphatic heterocycles. The Morgan fingerprint density at radius 2 is 1.65 bits per heavy atom. The minimum atomic E-state index is 0.331. The van der Waals surface area contributed by atoms with Gasteiger partial charge in [0.25, 0.3) is 0 Å². The second-order valence-corrected chi connectivity index (χ2v) is 4.31. The summed E-state index contributed by atoms with van der Waals surface area (Å²) < 4.78 is 5.59. The molecule has 0 amide bonds. The first-order valence-corrected chi connectivity index (χ1v) is 5.84. The van der Waals surface area contributed by atoms with Crippen LogP contribution in [0.1, 0.15) is 5.56 Å². The van der Waals surface area contributed by atoms with Gasteiger partial charge in [-0.15, -0.1) is 0 Å². The van der Waals surface area contributed by atoms with Gasteiger partial charge < -0.3 is 10.5 Å². The molecular formula is C13H11Cl2NO. The predicted octanol–water partition coefficient (Wildman–Crippen LogP) is 4.15. The lowest BCUT2D eigenvalue weighted by Crippen LogP contribution is -1.97. The van der Waals surface area contributed by atoms with Crippen molar-refractivity contribution in [2.45, 2.75) is 6.61 Å². The summed E-state index contributed by atoms with van der Waals surface area (Å²) in [5.74, 6) is 0.537. The molecule has 17 heavy (non-hydrogen) atoms. The maximum Gasteiger partial charge on any atom is 0.140 e. The highest BCUT2D eigenvalue weighted by Gasteiger charge is 2.09. The van der Waals surface area contributed by atoms with Gasteiger partial charge in [0.05, 0.1) is 10.7 Å². The van der Waals surface area contributed by atoms with E-state index in [0.717, 1.165) is 5.56 Å². The zero-order valence-corrected chi connectivity index (χ0v) is 10.5. The number of ether oxygens (including phenoxy) is 1. The van der Waals surface area contributed by atoms with Gasteiger partial charge in [-0.3, -0.25) is 0 Å². The van der Waals surface area contributed by atoms with Crippen molar-refractivity contribution in [1.29, 1.82) is 0 Å². The van der Waals surface area contributed by atoms with E-state index in [1.54, 1.807) is 12.1 Å². The Morgan fingerprint density at radius 3 is 2.35 bits per heavy atom. The van der Waals surface area contributed by atoms with E-state index in [1.165, 1.54) is 0 Å². The van der Waals surface area contributed by atoms with Crippen LogP contribution >= 0.6 is 23.2 Å². The molecule has 2 aromatic carbocycles. The number of anilines is 1. The van der Waals surface area contributed by atoms with E-state index < -0.39 is 0 Å². The molecule has 0 bridgehead atoms. The monoisotopic (exact) mass is 267 g/mol. The fourth-order valence-electron chi connectivity index (χ4n) is 1.39. The lowest BCUT2D eigenvalue weighted by atomic mass is 10.2. The van der Waals surface area contributed by atoms with Gasteiger partial charge in [-0.05, 0) is 17.7 Å². The average Bonchev–Trinajstić information content (AvgIpc) is 2.36. The van der Waals surface area contributed by atoms with E-state index >= 15 is 0 Å². The zero-order chi connectivity index (χ0) is 12.3. The summed E-state index contributed by atoms with van der Waals surface area (Å²) in [7, 11) is 0. The molecule has 0 atom stereocenters. The van der Waals surface area contributed by atoms with Crippen LogP contribution in [0.5, 0.6) is 5.75 Å². The summed E-state index contributed by atoms with van der Waals surface area (Å²) in [6.45, 7) is 0.445. The van der Waals surface area contributed by atoms with Gasteiger partial charge in [0, 0.05) is 0 Å². The third-order valence-corrected chi connectivity index (χ3v) is 3.19. The first-order chi connectivity index (χ1) is 8.18. The van der Waals surface area contributed by atoms with E-state index in [-0.39, 0.29) is 0 Å². The Kier molecular flexibility index (Phi) is 3.77. The summed E-state index contributed by atoms with van der Waals surface area (Å²) in [5, 5.41) is 0.680. The number of nitrogens with two attached hydrogens (primary N) is 1. The molecule has 0 spiro atoms. The Bertz CT molecular complexity index is 514. The maximum absolute atomic E-state index is 6.03. The lowest BCUT2D eigenvalue weighted by molar-refractivity contribution is 0.306. The van der Waals surface area contributed by atoms with Crippen molar-refractivity contribution in [2.24, 2.45) is 0 Å². The van der Waals surface area contributed by atoms with Gasteiger partial charge in [0.15, 0.2) is 0 Å². The molecule has 0 saturated heterocycles. The van der Waals surface area contributed by atoms with Gasteiger partial charge >= 0.3 is 0 Å². The number of nitrogen functional groups attached to an aromatic ring is 1. The molecule has 0 radical (unpaired) electrons. The molecular weight excluding hydrogens is 257 g/mol. The van der Waals surface area contributed by atoms with E-state index in [9.17, 15) is 0 Å². The molecule has 2 aromatic rings. The number of hydrogen-bond donors (Lipinski definition) is 1. The van der Waals surface area contributed by atoms with Crippen molar-refractivity contribution in [3.05, 3.63) is 58.1 Å². The summed E-state index contributed by atoms with van der Waals surface area (Å²) in [6.07, 6.45) is 0. The van der Waals surface area contributed by atoms with Gasteiger partial charge in [0.2, 0.25) is 0 Å². The average molecular weight is 268 g/mol. The van der Waals surface area contributed by atoms with Crippen LogP contribution < -0.4 is 10.5 Å². The van der Waals surface area contributed by atoms with Crippen LogP contribution in [0, 0.1) is 0 Å². The number of halogens is 2. The summed E-state index contributed by atoms with van der Waals surface area (Å²) >= 11 is 12.0. The van der Waals surface area contributed by atoms with Gasteiger partial charge in [-0.1, -0.05) is 53.5 Å². The summed E-state index contributed by atoms with van der Waals surface area (Å²) in [5.41, 5.74) is 7.14. The molecule has 4 heteroatoms. The van der Waals surface area contributed by atoms with Gasteiger partial charge in [-0.2, -0.15) is 0 Å².